The highest BCUT2D eigenvalue weighted by Crippen LogP contribution is 2.38. The molecule has 246 valence electrons. The summed E-state index contributed by atoms with van der Waals surface area (Å²) in [6.07, 6.45) is 4.03. The second-order valence-electron chi connectivity index (χ2n) is 13.6. The van der Waals surface area contributed by atoms with E-state index in [9.17, 15) is 9.59 Å². The standard InChI is InChI=1S/C39H41N5O3S/c1-25-26(2)41-47-37(25)42-48-34-17-11-8-14-31(34)30-19-18-27(22-29(30)24-43-21-20-39(3,4)38(43)46)23-44-35-32(15-9-10-16-33(35)45)40-36(44)28-12-6-5-7-13-28/h5-8,11-14,17-19,22,42H,9-10,15-16,20-21,23-24H2,1-4H3. The van der Waals surface area contributed by atoms with E-state index in [4.69, 9.17) is 9.51 Å². The summed E-state index contributed by atoms with van der Waals surface area (Å²) in [6, 6.07) is 25.0. The van der Waals surface area contributed by atoms with Crippen LogP contribution in [0.3, 0.4) is 0 Å². The number of aryl methyl sites for hydroxylation is 2. The van der Waals surface area contributed by atoms with Crippen molar-refractivity contribution < 1.29 is 14.1 Å². The molecular weight excluding hydrogens is 619 g/mol. The number of benzene rings is 3. The maximum absolute atomic E-state index is 13.5. The van der Waals surface area contributed by atoms with Gasteiger partial charge in [-0.2, -0.15) is 0 Å². The fraction of sp³-hybridized carbons (Fsp3) is 0.333. The number of nitrogens with zero attached hydrogens (tertiary/aromatic N) is 4. The van der Waals surface area contributed by atoms with Crippen LogP contribution in [0.25, 0.3) is 22.5 Å². The van der Waals surface area contributed by atoms with E-state index in [1.165, 1.54) is 11.9 Å². The second kappa shape index (κ2) is 13.1. The number of rotatable bonds is 9. The summed E-state index contributed by atoms with van der Waals surface area (Å²) in [4.78, 5) is 35.0. The van der Waals surface area contributed by atoms with E-state index in [0.29, 0.717) is 25.4 Å². The lowest BCUT2D eigenvalue weighted by atomic mass is 9.92. The van der Waals surface area contributed by atoms with Crippen LogP contribution in [-0.2, 0) is 24.3 Å². The maximum atomic E-state index is 13.5. The Morgan fingerprint density at radius 3 is 2.44 bits per heavy atom. The van der Waals surface area contributed by atoms with Gasteiger partial charge in [-0.05, 0) is 79.8 Å². The van der Waals surface area contributed by atoms with E-state index in [1.807, 2.05) is 62.9 Å². The van der Waals surface area contributed by atoms with Crippen molar-refractivity contribution in [2.24, 2.45) is 5.41 Å². The van der Waals surface area contributed by atoms with Gasteiger partial charge in [0.2, 0.25) is 11.8 Å². The van der Waals surface area contributed by atoms with Crippen LogP contribution in [0.4, 0.5) is 5.88 Å². The highest BCUT2D eigenvalue weighted by molar-refractivity contribution is 8.00. The Morgan fingerprint density at radius 2 is 1.69 bits per heavy atom. The third kappa shape index (κ3) is 6.19. The highest BCUT2D eigenvalue weighted by atomic mass is 32.2. The number of aromatic nitrogens is 3. The van der Waals surface area contributed by atoms with Gasteiger partial charge < -0.3 is 14.0 Å². The van der Waals surface area contributed by atoms with Crippen LogP contribution in [0, 0.1) is 19.3 Å². The third-order valence-electron chi connectivity index (χ3n) is 9.74. The van der Waals surface area contributed by atoms with E-state index >= 15 is 0 Å². The van der Waals surface area contributed by atoms with Crippen molar-refractivity contribution in [3.05, 3.63) is 107 Å². The largest absolute Gasteiger partial charge is 0.338 e. The summed E-state index contributed by atoms with van der Waals surface area (Å²) in [5, 5.41) is 4.09. The van der Waals surface area contributed by atoms with Gasteiger partial charge in [0.15, 0.2) is 5.78 Å². The van der Waals surface area contributed by atoms with Crippen LogP contribution in [0.15, 0.2) is 82.2 Å². The summed E-state index contributed by atoms with van der Waals surface area (Å²) in [5.41, 5.74) is 8.34. The van der Waals surface area contributed by atoms with Crippen molar-refractivity contribution in [3.8, 4) is 22.5 Å². The number of Topliss-reactive ketones (excluding diaryl/α,β-unsaturated/α-hetero) is 1. The fourth-order valence-electron chi connectivity index (χ4n) is 6.77. The van der Waals surface area contributed by atoms with Gasteiger partial charge in [-0.25, -0.2) is 4.98 Å². The molecule has 1 aliphatic heterocycles. The van der Waals surface area contributed by atoms with Crippen LogP contribution in [-0.4, -0.2) is 37.8 Å². The Morgan fingerprint density at radius 1 is 0.917 bits per heavy atom. The smallest absolute Gasteiger partial charge is 0.237 e. The molecule has 7 rings (SSSR count). The average molecular weight is 660 g/mol. The number of imidazole rings is 1. The molecule has 0 bridgehead atoms. The van der Waals surface area contributed by atoms with Gasteiger partial charge in [-0.15, -0.1) is 0 Å². The molecule has 3 heterocycles. The number of hydrogen-bond donors (Lipinski definition) is 1. The van der Waals surface area contributed by atoms with Crippen LogP contribution in [0.2, 0.25) is 0 Å². The number of hydrogen-bond acceptors (Lipinski definition) is 7. The molecule has 5 aromatic rings. The summed E-state index contributed by atoms with van der Waals surface area (Å²) in [6.45, 7) is 9.71. The van der Waals surface area contributed by atoms with Crippen molar-refractivity contribution >= 4 is 29.5 Å². The number of likely N-dealkylation sites (tertiary alicyclic amines) is 1. The Hall–Kier alpha value is -4.63. The molecule has 9 heteroatoms. The molecule has 1 amide bonds. The summed E-state index contributed by atoms with van der Waals surface area (Å²) >= 11 is 1.49. The van der Waals surface area contributed by atoms with Crippen molar-refractivity contribution in [2.45, 2.75) is 77.8 Å². The molecule has 1 aliphatic carbocycles. The normalized spacial score (nSPS) is 15.9. The predicted octanol–water partition coefficient (Wildman–Crippen LogP) is 8.66. The first kappa shape index (κ1) is 31.9. The third-order valence-corrected chi connectivity index (χ3v) is 10.6. The monoisotopic (exact) mass is 659 g/mol. The molecule has 1 fully saturated rings. The molecule has 2 aliphatic rings. The van der Waals surface area contributed by atoms with Crippen LogP contribution in [0.5, 0.6) is 0 Å². The summed E-state index contributed by atoms with van der Waals surface area (Å²) in [7, 11) is 0. The zero-order valence-corrected chi connectivity index (χ0v) is 28.8. The van der Waals surface area contributed by atoms with Gasteiger partial charge in [-0.1, -0.05) is 85.7 Å². The minimum absolute atomic E-state index is 0.162. The summed E-state index contributed by atoms with van der Waals surface area (Å²) < 4.78 is 11.0. The van der Waals surface area contributed by atoms with Crippen LogP contribution < -0.4 is 4.72 Å². The molecule has 3 aromatic carbocycles. The number of ketones is 1. The quantitative estimate of drug-likeness (QED) is 0.125. The van der Waals surface area contributed by atoms with Crippen molar-refractivity contribution in [1.82, 2.24) is 19.6 Å². The van der Waals surface area contributed by atoms with Crippen LogP contribution in [0.1, 0.15) is 78.1 Å². The van der Waals surface area contributed by atoms with Crippen molar-refractivity contribution in [1.29, 1.82) is 0 Å². The van der Waals surface area contributed by atoms with Gasteiger partial charge in [0.1, 0.15) is 11.5 Å². The molecule has 1 saturated heterocycles. The van der Waals surface area contributed by atoms with E-state index in [1.54, 1.807) is 0 Å². The van der Waals surface area contributed by atoms with Gasteiger partial charge in [0, 0.05) is 47.5 Å². The minimum atomic E-state index is -0.373. The maximum Gasteiger partial charge on any atom is 0.237 e. The molecule has 0 atom stereocenters. The van der Waals surface area contributed by atoms with Gasteiger partial charge in [-0.3, -0.25) is 14.3 Å². The first-order chi connectivity index (χ1) is 23.2. The van der Waals surface area contributed by atoms with Crippen LogP contribution >= 0.6 is 11.9 Å². The zero-order valence-electron chi connectivity index (χ0n) is 28.0. The van der Waals surface area contributed by atoms with E-state index in [0.717, 1.165) is 93.4 Å². The average Bonchev–Trinajstić information content (AvgIpc) is 3.65. The van der Waals surface area contributed by atoms with Crippen molar-refractivity contribution in [3.63, 3.8) is 0 Å². The number of nitrogens with one attached hydrogen (secondary N) is 1. The molecule has 2 aromatic heterocycles. The highest BCUT2D eigenvalue weighted by Gasteiger charge is 2.38. The molecule has 8 nitrogen and oxygen atoms in total. The predicted molar refractivity (Wildman–Crippen MR) is 190 cm³/mol. The number of carbonyl (C=O) groups is 2. The molecule has 0 saturated carbocycles. The molecule has 48 heavy (non-hydrogen) atoms. The number of anilines is 1. The lowest BCUT2D eigenvalue weighted by molar-refractivity contribution is -0.135. The minimum Gasteiger partial charge on any atom is -0.338 e. The van der Waals surface area contributed by atoms with Gasteiger partial charge >= 0.3 is 0 Å². The summed E-state index contributed by atoms with van der Waals surface area (Å²) in [5.74, 6) is 1.80. The topological polar surface area (TPSA) is 93.3 Å². The number of amides is 1. The van der Waals surface area contributed by atoms with Crippen molar-refractivity contribution in [2.75, 3.05) is 11.3 Å². The SMILES string of the molecule is Cc1noc(NSc2ccccc2-c2ccc(Cn3c(-c4ccccc4)nc4c3C(=O)CCCC4)cc2CN2CCC(C)(C)C2=O)c1C. The second-order valence-corrected chi connectivity index (χ2v) is 14.4. The van der Waals surface area contributed by atoms with Gasteiger partial charge in [0.05, 0.1) is 11.4 Å². The molecular formula is C39H41N5O3S. The Labute approximate surface area is 286 Å². The Bertz CT molecular complexity index is 1990. The molecule has 0 spiro atoms. The fourth-order valence-corrected chi connectivity index (χ4v) is 7.59. The number of carbonyl (C=O) groups excluding carboxylic acids is 2. The molecule has 1 N–H and O–H groups in total. The lowest BCUT2D eigenvalue weighted by Gasteiger charge is -2.23. The molecule has 0 radical (unpaired) electrons. The van der Waals surface area contributed by atoms with Gasteiger partial charge in [0.25, 0.3) is 0 Å². The Balaban J connectivity index is 1.29. The van der Waals surface area contributed by atoms with E-state index in [-0.39, 0.29) is 17.1 Å². The number of fused-ring (bicyclic) bond motifs is 1. The zero-order chi connectivity index (χ0) is 33.4. The Kier molecular flexibility index (Phi) is 8.73. The first-order valence-electron chi connectivity index (χ1n) is 16.7. The van der Waals surface area contributed by atoms with E-state index in [2.05, 4.69) is 56.9 Å². The molecule has 0 unspecified atom stereocenters. The lowest BCUT2D eigenvalue weighted by Crippen LogP contribution is -2.30. The first-order valence-corrected chi connectivity index (χ1v) is 17.6. The van der Waals surface area contributed by atoms with E-state index < -0.39 is 0 Å².